The van der Waals surface area contributed by atoms with E-state index in [1.165, 1.54) is 0 Å². The second kappa shape index (κ2) is 15.3. The number of likely N-dealkylation sites (N-methyl/N-ethyl adjacent to an activating group) is 1. The average molecular weight is 499 g/mol. The molecule has 1 fully saturated rings. The maximum Gasteiger partial charge on any atom is 0.243 e. The zero-order chi connectivity index (χ0) is 19.4. The number of ether oxygens (including phenoxy) is 2. The summed E-state index contributed by atoms with van der Waals surface area (Å²) >= 11 is 0. The monoisotopic (exact) mass is 499 g/mol. The van der Waals surface area contributed by atoms with Crippen LogP contribution in [-0.4, -0.2) is 101 Å². The lowest BCUT2D eigenvalue weighted by Crippen LogP contribution is -2.51. The normalized spacial score (nSPS) is 16.6. The van der Waals surface area contributed by atoms with Crippen molar-refractivity contribution >= 4 is 35.8 Å². The van der Waals surface area contributed by atoms with E-state index in [4.69, 9.17) is 9.47 Å². The van der Waals surface area contributed by atoms with Gasteiger partial charge in [-0.05, 0) is 12.3 Å². The first-order chi connectivity index (χ1) is 12.4. The highest BCUT2D eigenvalue weighted by molar-refractivity contribution is 14.0. The maximum atomic E-state index is 11.8. The molecular weight excluding hydrogens is 461 g/mol. The predicted octanol–water partition coefficient (Wildman–Crippen LogP) is 0.621. The van der Waals surface area contributed by atoms with Gasteiger partial charge in [-0.2, -0.15) is 0 Å². The number of guanidine groups is 1. The Balaban J connectivity index is 0.00000676. The van der Waals surface area contributed by atoms with Crippen molar-refractivity contribution in [2.75, 3.05) is 73.7 Å². The van der Waals surface area contributed by atoms with E-state index >= 15 is 0 Å². The summed E-state index contributed by atoms with van der Waals surface area (Å²) in [5.74, 6) is 1.24. The molecule has 0 radical (unpaired) electrons. The number of carbonyl (C=O) groups is 1. The molecule has 8 nitrogen and oxygen atoms in total. The van der Waals surface area contributed by atoms with Crippen LogP contribution >= 0.6 is 24.0 Å². The van der Waals surface area contributed by atoms with E-state index in [1.807, 2.05) is 0 Å². The van der Waals surface area contributed by atoms with Crippen molar-refractivity contribution in [3.05, 3.63) is 0 Å². The van der Waals surface area contributed by atoms with Crippen LogP contribution in [0.25, 0.3) is 0 Å². The van der Waals surface area contributed by atoms with Gasteiger partial charge in [0.2, 0.25) is 5.91 Å². The number of rotatable bonds is 10. The molecule has 0 aromatic carbocycles. The number of nitrogens with zero attached hydrogens (tertiary/aromatic N) is 3. The SMILES string of the molecule is COCCNC(=NCC(=O)N(C)C)NCC(CC(C)C)N1CCOCC1.I. The Morgan fingerprint density at radius 2 is 1.93 bits per heavy atom. The fourth-order valence-electron chi connectivity index (χ4n) is 2.80. The Labute approximate surface area is 181 Å². The number of morpholine rings is 1. The van der Waals surface area contributed by atoms with Crippen LogP contribution in [-0.2, 0) is 14.3 Å². The maximum absolute atomic E-state index is 11.8. The number of nitrogens with one attached hydrogen (secondary N) is 2. The minimum absolute atomic E-state index is 0. The van der Waals surface area contributed by atoms with Crippen LogP contribution < -0.4 is 10.6 Å². The van der Waals surface area contributed by atoms with Crippen LogP contribution in [0.5, 0.6) is 0 Å². The fraction of sp³-hybridized carbons (Fsp3) is 0.889. The van der Waals surface area contributed by atoms with Crippen molar-refractivity contribution in [1.82, 2.24) is 20.4 Å². The lowest BCUT2D eigenvalue weighted by Gasteiger charge is -2.35. The Morgan fingerprint density at radius 3 is 2.48 bits per heavy atom. The van der Waals surface area contributed by atoms with Crippen molar-refractivity contribution in [3.8, 4) is 0 Å². The zero-order valence-corrected chi connectivity index (χ0v) is 19.8. The summed E-state index contributed by atoms with van der Waals surface area (Å²) in [6.45, 7) is 10.1. The Bertz CT molecular complexity index is 429. The summed E-state index contributed by atoms with van der Waals surface area (Å²) in [5.41, 5.74) is 0. The van der Waals surface area contributed by atoms with Crippen LogP contribution in [0.4, 0.5) is 0 Å². The summed E-state index contributed by atoms with van der Waals surface area (Å²) in [4.78, 5) is 20.3. The van der Waals surface area contributed by atoms with E-state index in [-0.39, 0.29) is 36.4 Å². The molecule has 1 aliphatic heterocycles. The molecule has 0 saturated carbocycles. The zero-order valence-electron chi connectivity index (χ0n) is 17.5. The number of carbonyl (C=O) groups excluding carboxylic acids is 1. The van der Waals surface area contributed by atoms with Crippen LogP contribution in [0.1, 0.15) is 20.3 Å². The minimum Gasteiger partial charge on any atom is -0.383 e. The van der Waals surface area contributed by atoms with E-state index < -0.39 is 0 Å². The van der Waals surface area contributed by atoms with E-state index in [0.717, 1.165) is 39.3 Å². The van der Waals surface area contributed by atoms with Gasteiger partial charge in [-0.25, -0.2) is 4.99 Å². The van der Waals surface area contributed by atoms with Gasteiger partial charge < -0.3 is 25.0 Å². The number of hydrogen-bond acceptors (Lipinski definition) is 5. The van der Waals surface area contributed by atoms with Crippen molar-refractivity contribution in [2.45, 2.75) is 26.3 Å². The van der Waals surface area contributed by atoms with Crippen LogP contribution in [0, 0.1) is 5.92 Å². The van der Waals surface area contributed by atoms with Crippen molar-refractivity contribution < 1.29 is 14.3 Å². The molecule has 0 aromatic rings. The Hall–Kier alpha value is -0.650. The highest BCUT2D eigenvalue weighted by Gasteiger charge is 2.22. The molecule has 1 saturated heterocycles. The first-order valence-electron chi connectivity index (χ1n) is 9.47. The number of amides is 1. The highest BCUT2D eigenvalue weighted by atomic mass is 127. The number of aliphatic imine (C=N–C) groups is 1. The van der Waals surface area contributed by atoms with Gasteiger partial charge in [0.15, 0.2) is 5.96 Å². The van der Waals surface area contributed by atoms with Crippen LogP contribution in [0.2, 0.25) is 0 Å². The Morgan fingerprint density at radius 1 is 1.26 bits per heavy atom. The van der Waals surface area contributed by atoms with Crippen LogP contribution in [0.15, 0.2) is 4.99 Å². The third-order valence-electron chi connectivity index (χ3n) is 4.28. The van der Waals surface area contributed by atoms with Gasteiger partial charge in [0.05, 0.1) is 19.8 Å². The predicted molar refractivity (Wildman–Crippen MR) is 120 cm³/mol. The average Bonchev–Trinajstić information content (AvgIpc) is 2.62. The Kier molecular flexibility index (Phi) is 14.9. The molecule has 160 valence electrons. The molecule has 0 aliphatic carbocycles. The van der Waals surface area contributed by atoms with E-state index in [2.05, 4.69) is 34.4 Å². The van der Waals surface area contributed by atoms with Gasteiger partial charge in [-0.1, -0.05) is 13.8 Å². The van der Waals surface area contributed by atoms with Gasteiger partial charge in [0.25, 0.3) is 0 Å². The van der Waals surface area contributed by atoms with Crippen molar-refractivity contribution in [1.29, 1.82) is 0 Å². The smallest absolute Gasteiger partial charge is 0.243 e. The summed E-state index contributed by atoms with van der Waals surface area (Å²) in [5, 5.41) is 6.63. The summed E-state index contributed by atoms with van der Waals surface area (Å²) in [6.07, 6.45) is 1.11. The number of halogens is 1. The first-order valence-corrected chi connectivity index (χ1v) is 9.47. The molecule has 27 heavy (non-hydrogen) atoms. The molecule has 0 spiro atoms. The second-order valence-electron chi connectivity index (χ2n) is 7.19. The van der Waals surface area contributed by atoms with E-state index in [1.54, 1.807) is 26.1 Å². The molecular formula is C18H38IN5O3. The molecule has 0 bridgehead atoms. The highest BCUT2D eigenvalue weighted by Crippen LogP contribution is 2.12. The molecule has 1 atom stereocenters. The van der Waals surface area contributed by atoms with Crippen LogP contribution in [0.3, 0.4) is 0 Å². The molecule has 1 aliphatic rings. The lowest BCUT2D eigenvalue weighted by atomic mass is 10.0. The largest absolute Gasteiger partial charge is 0.383 e. The summed E-state index contributed by atoms with van der Waals surface area (Å²) in [6, 6.07) is 0.415. The minimum atomic E-state index is -0.0234. The number of methoxy groups -OCH3 is 1. The first kappa shape index (κ1) is 26.4. The summed E-state index contributed by atoms with van der Waals surface area (Å²) < 4.78 is 10.6. The molecule has 1 unspecified atom stereocenters. The number of hydrogen-bond donors (Lipinski definition) is 2. The van der Waals surface area contributed by atoms with Gasteiger partial charge >= 0.3 is 0 Å². The third-order valence-corrected chi connectivity index (χ3v) is 4.28. The van der Waals surface area contributed by atoms with Gasteiger partial charge in [0, 0.05) is 53.4 Å². The quantitative estimate of drug-likeness (QED) is 0.199. The second-order valence-corrected chi connectivity index (χ2v) is 7.19. The standard InChI is InChI=1S/C18H37N5O3.HI/c1-15(2)12-16(23-7-10-26-11-8-23)13-20-18(19-6-9-25-5)21-14-17(24)22(3)4;/h15-16H,6-14H2,1-5H3,(H2,19,20,21);1H. The topological polar surface area (TPSA) is 78.4 Å². The van der Waals surface area contributed by atoms with Gasteiger partial charge in [0.1, 0.15) is 6.54 Å². The fourth-order valence-corrected chi connectivity index (χ4v) is 2.80. The molecule has 0 aromatic heterocycles. The van der Waals surface area contributed by atoms with Gasteiger partial charge in [-0.15, -0.1) is 24.0 Å². The third kappa shape index (κ3) is 11.7. The molecule has 9 heteroatoms. The lowest BCUT2D eigenvalue weighted by molar-refractivity contribution is -0.127. The van der Waals surface area contributed by atoms with E-state index in [0.29, 0.717) is 31.1 Å². The molecule has 1 rings (SSSR count). The molecule has 1 heterocycles. The van der Waals surface area contributed by atoms with Crippen molar-refractivity contribution in [2.24, 2.45) is 10.9 Å². The van der Waals surface area contributed by atoms with E-state index in [9.17, 15) is 4.79 Å². The molecule has 2 N–H and O–H groups in total. The molecule has 1 amide bonds. The summed E-state index contributed by atoms with van der Waals surface area (Å²) in [7, 11) is 5.14. The van der Waals surface area contributed by atoms with Gasteiger partial charge in [-0.3, -0.25) is 9.69 Å². The van der Waals surface area contributed by atoms with Crippen molar-refractivity contribution in [3.63, 3.8) is 0 Å².